The van der Waals surface area contributed by atoms with Gasteiger partial charge in [-0.15, -0.1) is 0 Å². The van der Waals surface area contributed by atoms with Gasteiger partial charge in [0.15, 0.2) is 11.5 Å². The number of ether oxygens (including phenoxy) is 2. The first-order valence-corrected chi connectivity index (χ1v) is 9.28. The lowest BCUT2D eigenvalue weighted by Crippen LogP contribution is -2.27. The van der Waals surface area contributed by atoms with Gasteiger partial charge in [-0.3, -0.25) is 4.79 Å². The molecule has 0 bridgehead atoms. The molecule has 6 heteroatoms. The van der Waals surface area contributed by atoms with Crippen LogP contribution in [0.1, 0.15) is 42.7 Å². The molecule has 4 nitrogen and oxygen atoms in total. The topological polar surface area (TPSA) is 47.6 Å². The summed E-state index contributed by atoms with van der Waals surface area (Å²) in [6, 6.07) is 10.6. The number of nitrogens with one attached hydrogen (secondary N) is 1. The molecule has 1 amide bonds. The standard InChI is InChI=1S/C19H21BrClNO3/c1-4-24-17-9-6-13(10-18(17)25-5-2)12(3)22-19(23)15-11-14(20)7-8-16(15)21/h6-12H,4-5H2,1-3H3,(H,22,23)/t12-/m0/s1. The highest BCUT2D eigenvalue weighted by Gasteiger charge is 2.16. The molecule has 0 aliphatic rings. The van der Waals surface area contributed by atoms with Gasteiger partial charge in [0.05, 0.1) is 29.8 Å². The molecule has 1 atom stereocenters. The average molecular weight is 427 g/mol. The summed E-state index contributed by atoms with van der Waals surface area (Å²) in [5, 5.41) is 3.37. The van der Waals surface area contributed by atoms with Crippen molar-refractivity contribution in [3.63, 3.8) is 0 Å². The van der Waals surface area contributed by atoms with Gasteiger partial charge in [0, 0.05) is 4.47 Å². The van der Waals surface area contributed by atoms with Gasteiger partial charge in [0.1, 0.15) is 0 Å². The molecule has 1 N–H and O–H groups in total. The number of carbonyl (C=O) groups excluding carboxylic acids is 1. The molecule has 25 heavy (non-hydrogen) atoms. The van der Waals surface area contributed by atoms with Gasteiger partial charge in [-0.25, -0.2) is 0 Å². The van der Waals surface area contributed by atoms with Crippen molar-refractivity contribution in [3.05, 3.63) is 57.0 Å². The summed E-state index contributed by atoms with van der Waals surface area (Å²) in [7, 11) is 0. The molecular formula is C19H21BrClNO3. The fourth-order valence-corrected chi connectivity index (χ4v) is 2.93. The van der Waals surface area contributed by atoms with E-state index in [1.165, 1.54) is 0 Å². The first-order valence-electron chi connectivity index (χ1n) is 8.11. The SMILES string of the molecule is CCOc1ccc([C@H](C)NC(=O)c2cc(Br)ccc2Cl)cc1OCC. The summed E-state index contributed by atoms with van der Waals surface area (Å²) >= 11 is 9.48. The molecule has 0 unspecified atom stereocenters. The summed E-state index contributed by atoms with van der Waals surface area (Å²) in [5.74, 6) is 1.13. The van der Waals surface area contributed by atoms with Gasteiger partial charge < -0.3 is 14.8 Å². The Hall–Kier alpha value is -1.72. The Kier molecular flexibility index (Phi) is 7.14. The van der Waals surface area contributed by atoms with Gasteiger partial charge in [-0.1, -0.05) is 33.6 Å². The first-order chi connectivity index (χ1) is 12.0. The second kappa shape index (κ2) is 9.11. The number of halogens is 2. The van der Waals surface area contributed by atoms with Crippen LogP contribution in [-0.4, -0.2) is 19.1 Å². The predicted molar refractivity (Wildman–Crippen MR) is 104 cm³/mol. The number of rotatable bonds is 7. The van der Waals surface area contributed by atoms with E-state index in [-0.39, 0.29) is 11.9 Å². The van der Waals surface area contributed by atoms with Crippen LogP contribution in [0.4, 0.5) is 0 Å². The molecule has 134 valence electrons. The van der Waals surface area contributed by atoms with Crippen molar-refractivity contribution < 1.29 is 14.3 Å². The molecule has 0 saturated carbocycles. The van der Waals surface area contributed by atoms with Crippen molar-refractivity contribution >= 4 is 33.4 Å². The lowest BCUT2D eigenvalue weighted by Gasteiger charge is -2.18. The van der Waals surface area contributed by atoms with Crippen LogP contribution < -0.4 is 14.8 Å². The normalized spacial score (nSPS) is 11.7. The van der Waals surface area contributed by atoms with Crippen molar-refractivity contribution in [2.75, 3.05) is 13.2 Å². The highest BCUT2D eigenvalue weighted by Crippen LogP contribution is 2.31. The van der Waals surface area contributed by atoms with E-state index < -0.39 is 0 Å². The van der Waals surface area contributed by atoms with Crippen molar-refractivity contribution in [1.29, 1.82) is 0 Å². The lowest BCUT2D eigenvalue weighted by atomic mass is 10.1. The van der Waals surface area contributed by atoms with E-state index >= 15 is 0 Å². The Bertz CT molecular complexity index is 751. The maximum Gasteiger partial charge on any atom is 0.253 e. The molecule has 0 aliphatic carbocycles. The number of hydrogen-bond donors (Lipinski definition) is 1. The van der Waals surface area contributed by atoms with Crippen molar-refractivity contribution in [2.45, 2.75) is 26.8 Å². The Morgan fingerprint density at radius 1 is 1.12 bits per heavy atom. The first kappa shape index (κ1) is 19.6. The van der Waals surface area contributed by atoms with Crippen LogP contribution >= 0.6 is 27.5 Å². The zero-order valence-corrected chi connectivity index (χ0v) is 16.8. The zero-order chi connectivity index (χ0) is 18.4. The minimum atomic E-state index is -0.231. The van der Waals surface area contributed by atoms with Crippen LogP contribution in [0.2, 0.25) is 5.02 Å². The molecule has 0 aromatic heterocycles. The van der Waals surface area contributed by atoms with Crippen molar-refractivity contribution in [2.24, 2.45) is 0 Å². The van der Waals surface area contributed by atoms with E-state index in [0.29, 0.717) is 35.3 Å². The number of benzene rings is 2. The lowest BCUT2D eigenvalue weighted by molar-refractivity contribution is 0.0940. The minimum Gasteiger partial charge on any atom is -0.490 e. The van der Waals surface area contributed by atoms with Crippen molar-refractivity contribution in [3.8, 4) is 11.5 Å². The van der Waals surface area contributed by atoms with Crippen LogP contribution in [0, 0.1) is 0 Å². The Morgan fingerprint density at radius 2 is 1.80 bits per heavy atom. The summed E-state index contributed by atoms with van der Waals surface area (Å²) in [4.78, 5) is 12.5. The molecule has 2 rings (SSSR count). The van der Waals surface area contributed by atoms with Crippen LogP contribution in [-0.2, 0) is 0 Å². The Morgan fingerprint density at radius 3 is 2.48 bits per heavy atom. The molecule has 0 radical (unpaired) electrons. The van der Waals surface area contributed by atoms with E-state index in [1.54, 1.807) is 18.2 Å². The predicted octanol–water partition coefficient (Wildman–Crippen LogP) is 5.39. The van der Waals surface area contributed by atoms with E-state index in [0.717, 1.165) is 10.0 Å². The third kappa shape index (κ3) is 5.13. The molecule has 2 aromatic rings. The molecule has 0 saturated heterocycles. The Labute approximate surface area is 161 Å². The largest absolute Gasteiger partial charge is 0.490 e. The summed E-state index contributed by atoms with van der Waals surface area (Å²) in [6.07, 6.45) is 0. The maximum atomic E-state index is 12.5. The quantitative estimate of drug-likeness (QED) is 0.645. The highest BCUT2D eigenvalue weighted by atomic mass is 79.9. The van der Waals surface area contributed by atoms with Gasteiger partial charge in [0.2, 0.25) is 0 Å². The van der Waals surface area contributed by atoms with E-state index in [2.05, 4.69) is 21.2 Å². The third-order valence-corrected chi connectivity index (χ3v) is 4.41. The van der Waals surface area contributed by atoms with Crippen LogP contribution in [0.3, 0.4) is 0 Å². The van der Waals surface area contributed by atoms with Crippen LogP contribution in [0.25, 0.3) is 0 Å². The fraction of sp³-hybridized carbons (Fsp3) is 0.316. The van der Waals surface area contributed by atoms with E-state index in [9.17, 15) is 4.79 Å². The van der Waals surface area contributed by atoms with Gasteiger partial charge >= 0.3 is 0 Å². The van der Waals surface area contributed by atoms with E-state index in [4.69, 9.17) is 21.1 Å². The van der Waals surface area contributed by atoms with Gasteiger partial charge in [0.25, 0.3) is 5.91 Å². The summed E-state index contributed by atoms with van der Waals surface area (Å²) in [5.41, 5.74) is 1.35. The van der Waals surface area contributed by atoms with Crippen molar-refractivity contribution in [1.82, 2.24) is 5.32 Å². The summed E-state index contributed by atoms with van der Waals surface area (Å²) < 4.78 is 12.0. The molecular weight excluding hydrogens is 406 g/mol. The minimum absolute atomic E-state index is 0.211. The fourth-order valence-electron chi connectivity index (χ4n) is 2.37. The molecule has 0 fully saturated rings. The molecule has 0 heterocycles. The van der Waals surface area contributed by atoms with Crippen LogP contribution in [0.15, 0.2) is 40.9 Å². The summed E-state index contributed by atoms with van der Waals surface area (Å²) in [6.45, 7) is 6.86. The second-order valence-electron chi connectivity index (χ2n) is 5.39. The number of carbonyl (C=O) groups is 1. The van der Waals surface area contributed by atoms with Gasteiger partial charge in [-0.2, -0.15) is 0 Å². The third-order valence-electron chi connectivity index (χ3n) is 3.59. The smallest absolute Gasteiger partial charge is 0.253 e. The van der Waals surface area contributed by atoms with Crippen LogP contribution in [0.5, 0.6) is 11.5 Å². The molecule has 2 aromatic carbocycles. The maximum absolute atomic E-state index is 12.5. The second-order valence-corrected chi connectivity index (χ2v) is 6.71. The monoisotopic (exact) mass is 425 g/mol. The highest BCUT2D eigenvalue weighted by molar-refractivity contribution is 9.10. The zero-order valence-electron chi connectivity index (χ0n) is 14.4. The van der Waals surface area contributed by atoms with E-state index in [1.807, 2.05) is 39.0 Å². The molecule has 0 aliphatic heterocycles. The van der Waals surface area contributed by atoms with Gasteiger partial charge in [-0.05, 0) is 56.7 Å². The number of amides is 1. The Balaban J connectivity index is 2.19. The number of hydrogen-bond acceptors (Lipinski definition) is 3. The molecule has 0 spiro atoms. The average Bonchev–Trinajstić information content (AvgIpc) is 2.58.